The van der Waals surface area contributed by atoms with Crippen molar-refractivity contribution in [2.75, 3.05) is 26.7 Å². The molecule has 0 bridgehead atoms. The van der Waals surface area contributed by atoms with Crippen molar-refractivity contribution >= 4 is 17.8 Å². The van der Waals surface area contributed by atoms with Crippen LogP contribution in [0.1, 0.15) is 43.7 Å². The van der Waals surface area contributed by atoms with Crippen LogP contribution >= 0.6 is 0 Å². The Morgan fingerprint density at radius 1 is 0.944 bits per heavy atom. The average molecular weight is 492 g/mol. The predicted octanol–water partition coefficient (Wildman–Crippen LogP) is 3.25. The van der Waals surface area contributed by atoms with Gasteiger partial charge in [-0.2, -0.15) is 0 Å². The fourth-order valence-electron chi connectivity index (χ4n) is 5.13. The zero-order valence-electron chi connectivity index (χ0n) is 21.3. The van der Waals surface area contributed by atoms with Crippen LogP contribution in [0, 0.1) is 0 Å². The average Bonchev–Trinajstić information content (AvgIpc) is 2.88. The number of hydrogen-bond acceptors (Lipinski definition) is 4. The van der Waals surface area contributed by atoms with Gasteiger partial charge in [-0.25, -0.2) is 14.8 Å². The zero-order chi connectivity index (χ0) is 25.5. The highest BCUT2D eigenvalue weighted by Gasteiger charge is 2.50. The molecular formula is C28H37N5O3. The van der Waals surface area contributed by atoms with Gasteiger partial charge < -0.3 is 15.1 Å². The molecule has 4 amide bonds. The van der Waals surface area contributed by atoms with Crippen LogP contribution in [0.15, 0.2) is 60.7 Å². The highest BCUT2D eigenvalue weighted by molar-refractivity contribution is 5.91. The topological polar surface area (TPSA) is 76.2 Å². The monoisotopic (exact) mass is 491 g/mol. The van der Waals surface area contributed by atoms with Gasteiger partial charge in [0.15, 0.2) is 0 Å². The second-order valence-electron chi connectivity index (χ2n) is 9.64. The number of likely N-dealkylation sites (N-methyl/N-ethyl adjacent to an activating group) is 1. The number of nitrogens with zero attached hydrogens (tertiary/aromatic N) is 4. The standard InChI is InChI=1S/C28H37N5O3/c1-3-4-5-12-17-31-20-25-32(24(27(31)35)18-22-13-8-6-9-14-22)26(34)21-30(2)33(25)28(36)29-19-23-15-10-7-11-16-23/h6-11,13-16,24-25H,3-5,12,17-21H2,1-2H3,(H,29,36)/t24-,25-/m0/s1. The van der Waals surface area contributed by atoms with Crippen LogP contribution in [0.2, 0.25) is 0 Å². The first-order valence-corrected chi connectivity index (χ1v) is 13.0. The van der Waals surface area contributed by atoms with Crippen molar-refractivity contribution in [3.05, 3.63) is 71.8 Å². The van der Waals surface area contributed by atoms with Crippen LogP contribution < -0.4 is 5.32 Å². The number of hydrazine groups is 1. The number of benzene rings is 2. The Bertz CT molecular complexity index is 1030. The van der Waals surface area contributed by atoms with Crippen molar-refractivity contribution in [2.45, 2.75) is 57.8 Å². The van der Waals surface area contributed by atoms with Gasteiger partial charge in [-0.1, -0.05) is 86.8 Å². The number of carbonyl (C=O) groups excluding carboxylic acids is 3. The summed E-state index contributed by atoms with van der Waals surface area (Å²) in [6.45, 7) is 3.54. The Kier molecular flexibility index (Phi) is 8.59. The third-order valence-corrected chi connectivity index (χ3v) is 6.99. The molecule has 2 aromatic carbocycles. The number of fused-ring (bicyclic) bond motifs is 1. The Morgan fingerprint density at radius 2 is 1.61 bits per heavy atom. The van der Waals surface area contributed by atoms with Crippen molar-refractivity contribution in [3.8, 4) is 0 Å². The van der Waals surface area contributed by atoms with Gasteiger partial charge >= 0.3 is 6.03 Å². The van der Waals surface area contributed by atoms with E-state index in [2.05, 4.69) is 12.2 Å². The van der Waals surface area contributed by atoms with E-state index in [1.54, 1.807) is 22.0 Å². The van der Waals surface area contributed by atoms with Crippen molar-refractivity contribution in [1.29, 1.82) is 0 Å². The molecule has 0 radical (unpaired) electrons. The smallest absolute Gasteiger partial charge is 0.334 e. The van der Waals surface area contributed by atoms with E-state index in [1.807, 2.05) is 65.6 Å². The largest absolute Gasteiger partial charge is 0.337 e. The fraction of sp³-hybridized carbons (Fsp3) is 0.464. The molecular weight excluding hydrogens is 454 g/mol. The summed E-state index contributed by atoms with van der Waals surface area (Å²) < 4.78 is 0. The van der Waals surface area contributed by atoms with Crippen LogP contribution in [-0.4, -0.2) is 76.6 Å². The molecule has 0 aromatic heterocycles. The number of unbranched alkanes of at least 4 members (excludes halogenated alkanes) is 3. The SMILES string of the molecule is CCCCCCN1C[C@H]2N(C(=O)CN(C)N2C(=O)NCc2ccccc2)[C@@H](Cc2ccccc2)C1=O. The summed E-state index contributed by atoms with van der Waals surface area (Å²) in [4.78, 5) is 43.9. The molecule has 2 atom stereocenters. The lowest BCUT2D eigenvalue weighted by Crippen LogP contribution is -2.76. The second-order valence-corrected chi connectivity index (χ2v) is 9.64. The number of urea groups is 1. The van der Waals surface area contributed by atoms with E-state index in [-0.39, 0.29) is 24.4 Å². The summed E-state index contributed by atoms with van der Waals surface area (Å²) in [7, 11) is 1.76. The lowest BCUT2D eigenvalue weighted by atomic mass is 9.98. The molecule has 0 aliphatic carbocycles. The maximum atomic E-state index is 13.7. The number of carbonyl (C=O) groups is 3. The maximum Gasteiger partial charge on any atom is 0.334 e. The van der Waals surface area contributed by atoms with E-state index in [0.29, 0.717) is 26.1 Å². The van der Waals surface area contributed by atoms with Crippen LogP contribution in [0.4, 0.5) is 4.79 Å². The minimum atomic E-state index is -0.636. The van der Waals surface area contributed by atoms with Crippen LogP contribution in [0.3, 0.4) is 0 Å². The fourth-order valence-corrected chi connectivity index (χ4v) is 5.13. The van der Waals surface area contributed by atoms with Crippen LogP contribution in [0.25, 0.3) is 0 Å². The van der Waals surface area contributed by atoms with Gasteiger partial charge in [0, 0.05) is 26.6 Å². The molecule has 1 N–H and O–H groups in total. The lowest BCUT2D eigenvalue weighted by molar-refractivity contribution is -0.186. The summed E-state index contributed by atoms with van der Waals surface area (Å²) in [6, 6.07) is 18.6. The molecule has 2 aliphatic heterocycles. The molecule has 2 aliphatic rings. The molecule has 2 heterocycles. The molecule has 2 fully saturated rings. The highest BCUT2D eigenvalue weighted by Crippen LogP contribution is 2.28. The molecule has 2 saturated heterocycles. The quantitative estimate of drug-likeness (QED) is 0.547. The molecule has 192 valence electrons. The van der Waals surface area contributed by atoms with E-state index < -0.39 is 12.2 Å². The third-order valence-electron chi connectivity index (χ3n) is 6.99. The second kappa shape index (κ2) is 12.0. The Labute approximate surface area is 213 Å². The van der Waals surface area contributed by atoms with E-state index in [9.17, 15) is 14.4 Å². The number of piperazine rings is 1. The third kappa shape index (κ3) is 5.87. The summed E-state index contributed by atoms with van der Waals surface area (Å²) in [5.41, 5.74) is 1.99. The summed E-state index contributed by atoms with van der Waals surface area (Å²) in [5.74, 6) is -0.163. The van der Waals surface area contributed by atoms with Crippen LogP contribution in [-0.2, 0) is 22.6 Å². The van der Waals surface area contributed by atoms with Crippen molar-refractivity contribution in [3.63, 3.8) is 0 Å². The van der Waals surface area contributed by atoms with Gasteiger partial charge in [0.2, 0.25) is 11.8 Å². The first kappa shape index (κ1) is 25.7. The van der Waals surface area contributed by atoms with Gasteiger partial charge in [-0.05, 0) is 17.5 Å². The van der Waals surface area contributed by atoms with E-state index in [1.165, 1.54) is 0 Å². The molecule has 8 nitrogen and oxygen atoms in total. The predicted molar refractivity (Wildman–Crippen MR) is 138 cm³/mol. The van der Waals surface area contributed by atoms with Crippen molar-refractivity contribution in [1.82, 2.24) is 25.1 Å². The van der Waals surface area contributed by atoms with Gasteiger partial charge in [0.05, 0.1) is 13.1 Å². The number of nitrogens with one attached hydrogen (secondary N) is 1. The summed E-state index contributed by atoms with van der Waals surface area (Å²) >= 11 is 0. The minimum absolute atomic E-state index is 0.0332. The summed E-state index contributed by atoms with van der Waals surface area (Å²) in [5, 5.41) is 6.30. The van der Waals surface area contributed by atoms with E-state index >= 15 is 0 Å². The van der Waals surface area contributed by atoms with Gasteiger partial charge in [0.1, 0.15) is 12.2 Å². The highest BCUT2D eigenvalue weighted by atomic mass is 16.2. The van der Waals surface area contributed by atoms with Crippen LogP contribution in [0.5, 0.6) is 0 Å². The molecule has 2 aromatic rings. The number of rotatable bonds is 9. The van der Waals surface area contributed by atoms with Gasteiger partial charge in [-0.3, -0.25) is 9.59 Å². The molecule has 0 unspecified atom stereocenters. The molecule has 4 rings (SSSR count). The Hall–Kier alpha value is -3.39. The first-order valence-electron chi connectivity index (χ1n) is 13.0. The minimum Gasteiger partial charge on any atom is -0.337 e. The van der Waals surface area contributed by atoms with Gasteiger partial charge in [-0.15, -0.1) is 0 Å². The number of amides is 4. The zero-order valence-corrected chi connectivity index (χ0v) is 21.3. The normalized spacial score (nSPS) is 20.4. The Balaban J connectivity index is 1.58. The summed E-state index contributed by atoms with van der Waals surface area (Å²) in [6.07, 6.45) is 4.09. The molecule has 8 heteroatoms. The lowest BCUT2D eigenvalue weighted by Gasteiger charge is -2.54. The molecule has 0 spiro atoms. The van der Waals surface area contributed by atoms with Crippen molar-refractivity contribution < 1.29 is 14.4 Å². The molecule has 0 saturated carbocycles. The van der Waals surface area contributed by atoms with E-state index in [0.717, 1.165) is 36.8 Å². The maximum absolute atomic E-state index is 13.7. The van der Waals surface area contributed by atoms with Crippen molar-refractivity contribution in [2.24, 2.45) is 0 Å². The Morgan fingerprint density at radius 3 is 2.28 bits per heavy atom. The van der Waals surface area contributed by atoms with E-state index in [4.69, 9.17) is 0 Å². The van der Waals surface area contributed by atoms with Gasteiger partial charge in [0.25, 0.3) is 0 Å². The number of hydrogen-bond donors (Lipinski definition) is 1. The molecule has 36 heavy (non-hydrogen) atoms. The first-order chi connectivity index (χ1) is 17.5.